The second kappa shape index (κ2) is 8.17. The molecule has 0 bridgehead atoms. The topological polar surface area (TPSA) is 105 Å². The number of methoxy groups -OCH3 is 1. The molecule has 8 nitrogen and oxygen atoms in total. The molecule has 0 aliphatic heterocycles. The molecule has 3 rings (SSSR count). The zero-order chi connectivity index (χ0) is 19.4. The SMILES string of the molecule is COC(=O)c1ccoc1CSc1nnc(COc2c(C)cccc2C)n1N. The van der Waals surface area contributed by atoms with Crippen molar-refractivity contribution >= 4 is 17.7 Å². The highest BCUT2D eigenvalue weighted by molar-refractivity contribution is 7.98. The molecule has 0 spiro atoms. The number of nitrogens with zero attached hydrogens (tertiary/aromatic N) is 3. The Morgan fingerprint density at radius 3 is 2.70 bits per heavy atom. The van der Waals surface area contributed by atoms with E-state index < -0.39 is 5.97 Å². The number of hydrogen-bond donors (Lipinski definition) is 1. The van der Waals surface area contributed by atoms with Gasteiger partial charge in [0.2, 0.25) is 5.16 Å². The highest BCUT2D eigenvalue weighted by atomic mass is 32.2. The molecule has 3 aromatic rings. The summed E-state index contributed by atoms with van der Waals surface area (Å²) >= 11 is 1.30. The van der Waals surface area contributed by atoms with E-state index in [4.69, 9.17) is 19.7 Å². The van der Waals surface area contributed by atoms with Gasteiger partial charge < -0.3 is 19.7 Å². The molecule has 2 aromatic heterocycles. The van der Waals surface area contributed by atoms with Gasteiger partial charge >= 0.3 is 5.97 Å². The van der Waals surface area contributed by atoms with Crippen LogP contribution >= 0.6 is 11.8 Å². The number of furan rings is 1. The van der Waals surface area contributed by atoms with E-state index in [2.05, 4.69) is 10.2 Å². The summed E-state index contributed by atoms with van der Waals surface area (Å²) in [6.45, 7) is 4.17. The third-order valence-corrected chi connectivity index (χ3v) is 4.92. The van der Waals surface area contributed by atoms with Crippen LogP contribution < -0.4 is 10.6 Å². The number of rotatable bonds is 7. The molecule has 0 unspecified atom stereocenters. The molecule has 0 saturated heterocycles. The van der Waals surface area contributed by atoms with Gasteiger partial charge in [0, 0.05) is 0 Å². The van der Waals surface area contributed by atoms with Crippen molar-refractivity contribution in [2.75, 3.05) is 13.0 Å². The van der Waals surface area contributed by atoms with Gasteiger partial charge in [-0.3, -0.25) is 0 Å². The number of aryl methyl sites for hydroxylation is 2. The molecule has 0 amide bonds. The molecule has 0 saturated carbocycles. The predicted molar refractivity (Wildman–Crippen MR) is 100 cm³/mol. The molecule has 0 atom stereocenters. The molecular formula is C18H20N4O4S. The van der Waals surface area contributed by atoms with Crippen LogP contribution in [-0.4, -0.2) is 28.0 Å². The smallest absolute Gasteiger partial charge is 0.341 e. The van der Waals surface area contributed by atoms with Gasteiger partial charge in [0.05, 0.1) is 19.1 Å². The molecule has 0 fully saturated rings. The van der Waals surface area contributed by atoms with Gasteiger partial charge in [-0.2, -0.15) is 0 Å². The van der Waals surface area contributed by atoms with Gasteiger partial charge in [0.15, 0.2) is 5.82 Å². The Hall–Kier alpha value is -2.94. The van der Waals surface area contributed by atoms with E-state index in [-0.39, 0.29) is 6.61 Å². The largest absolute Gasteiger partial charge is 0.485 e. The lowest BCUT2D eigenvalue weighted by Gasteiger charge is -2.11. The number of thioether (sulfide) groups is 1. The maximum absolute atomic E-state index is 11.7. The normalized spacial score (nSPS) is 10.8. The first-order valence-electron chi connectivity index (χ1n) is 8.17. The van der Waals surface area contributed by atoms with E-state index in [0.29, 0.717) is 28.1 Å². The standard InChI is InChI=1S/C18H20N4O4S/c1-11-5-4-6-12(2)16(11)26-9-15-20-21-18(22(15)19)27-10-14-13(7-8-25-14)17(23)24-3/h4-8H,9-10,19H2,1-3H3. The van der Waals surface area contributed by atoms with Crippen LogP contribution in [0.2, 0.25) is 0 Å². The van der Waals surface area contributed by atoms with Crippen molar-refractivity contribution in [3.63, 3.8) is 0 Å². The molecule has 2 heterocycles. The molecule has 9 heteroatoms. The lowest BCUT2D eigenvalue weighted by Crippen LogP contribution is -2.16. The monoisotopic (exact) mass is 388 g/mol. The number of carbonyl (C=O) groups is 1. The van der Waals surface area contributed by atoms with Crippen molar-refractivity contribution in [3.05, 3.63) is 58.8 Å². The minimum absolute atomic E-state index is 0.198. The minimum Gasteiger partial charge on any atom is -0.485 e. The highest BCUT2D eigenvalue weighted by Gasteiger charge is 2.18. The van der Waals surface area contributed by atoms with Crippen LogP contribution in [0.4, 0.5) is 0 Å². The second-order valence-electron chi connectivity index (χ2n) is 5.82. The molecule has 0 radical (unpaired) electrons. The number of ether oxygens (including phenoxy) is 2. The summed E-state index contributed by atoms with van der Waals surface area (Å²) in [6.07, 6.45) is 1.44. The van der Waals surface area contributed by atoms with Crippen LogP contribution in [-0.2, 0) is 17.1 Å². The molecular weight excluding hydrogens is 368 g/mol. The third-order valence-electron chi connectivity index (χ3n) is 3.97. The zero-order valence-electron chi connectivity index (χ0n) is 15.3. The van der Waals surface area contributed by atoms with Crippen molar-refractivity contribution in [1.82, 2.24) is 14.9 Å². The van der Waals surface area contributed by atoms with E-state index in [1.165, 1.54) is 29.8 Å². The van der Waals surface area contributed by atoms with Gasteiger partial charge in [0.25, 0.3) is 0 Å². The average molecular weight is 388 g/mol. The number of hydrogen-bond acceptors (Lipinski definition) is 8. The summed E-state index contributed by atoms with van der Waals surface area (Å²) in [7, 11) is 1.32. The Labute approximate surface area is 160 Å². The van der Waals surface area contributed by atoms with Gasteiger partial charge in [0.1, 0.15) is 23.7 Å². The second-order valence-corrected chi connectivity index (χ2v) is 6.76. The summed E-state index contributed by atoms with van der Waals surface area (Å²) in [4.78, 5) is 11.7. The Balaban J connectivity index is 1.66. The lowest BCUT2D eigenvalue weighted by molar-refractivity contribution is 0.0598. The van der Waals surface area contributed by atoms with Crippen LogP contribution in [0.25, 0.3) is 0 Å². The fourth-order valence-electron chi connectivity index (χ4n) is 2.54. The van der Waals surface area contributed by atoms with Gasteiger partial charge in [-0.1, -0.05) is 30.0 Å². The van der Waals surface area contributed by atoms with Crippen LogP contribution in [0, 0.1) is 13.8 Å². The van der Waals surface area contributed by atoms with Crippen LogP contribution in [0.3, 0.4) is 0 Å². The summed E-state index contributed by atoms with van der Waals surface area (Å²) in [5.74, 6) is 7.79. The Morgan fingerprint density at radius 2 is 2.00 bits per heavy atom. The molecule has 142 valence electrons. The van der Waals surface area contributed by atoms with Gasteiger partial charge in [-0.05, 0) is 31.0 Å². The van der Waals surface area contributed by atoms with Crippen LogP contribution in [0.1, 0.15) is 33.1 Å². The fraction of sp³-hybridized carbons (Fsp3) is 0.278. The number of nitrogens with two attached hydrogens (primary N) is 1. The van der Waals surface area contributed by atoms with Crippen LogP contribution in [0.15, 0.2) is 40.1 Å². The van der Waals surface area contributed by atoms with E-state index in [9.17, 15) is 4.79 Å². The van der Waals surface area contributed by atoms with Crippen molar-refractivity contribution in [2.45, 2.75) is 31.4 Å². The van der Waals surface area contributed by atoms with Crippen molar-refractivity contribution in [1.29, 1.82) is 0 Å². The van der Waals surface area contributed by atoms with Crippen LogP contribution in [0.5, 0.6) is 5.75 Å². The van der Waals surface area contributed by atoms with Gasteiger partial charge in [-0.25, -0.2) is 9.47 Å². The van der Waals surface area contributed by atoms with E-state index in [1.807, 2.05) is 32.0 Å². The zero-order valence-corrected chi connectivity index (χ0v) is 16.1. The highest BCUT2D eigenvalue weighted by Crippen LogP contribution is 2.25. The molecule has 0 aliphatic carbocycles. The third kappa shape index (κ3) is 4.08. The van der Waals surface area contributed by atoms with E-state index in [0.717, 1.165) is 16.9 Å². The molecule has 27 heavy (non-hydrogen) atoms. The number of aromatic nitrogens is 3. The number of esters is 1. The number of para-hydroxylation sites is 1. The average Bonchev–Trinajstić information content (AvgIpc) is 3.26. The number of nitrogen functional groups attached to an aromatic ring is 1. The van der Waals surface area contributed by atoms with Crippen molar-refractivity contribution in [2.24, 2.45) is 0 Å². The Morgan fingerprint density at radius 1 is 1.26 bits per heavy atom. The molecule has 0 aliphatic rings. The predicted octanol–water partition coefficient (Wildman–Crippen LogP) is 2.86. The maximum Gasteiger partial charge on any atom is 0.341 e. The minimum atomic E-state index is -0.448. The Bertz CT molecular complexity index is 930. The first-order chi connectivity index (χ1) is 13.0. The Kier molecular flexibility index (Phi) is 5.70. The first-order valence-corrected chi connectivity index (χ1v) is 9.15. The van der Waals surface area contributed by atoms with E-state index in [1.54, 1.807) is 6.07 Å². The summed E-state index contributed by atoms with van der Waals surface area (Å²) in [5, 5.41) is 8.65. The lowest BCUT2D eigenvalue weighted by atomic mass is 10.1. The summed E-state index contributed by atoms with van der Waals surface area (Å²) < 4.78 is 17.3. The summed E-state index contributed by atoms with van der Waals surface area (Å²) in [5.41, 5.74) is 2.47. The molecule has 1 aromatic carbocycles. The maximum atomic E-state index is 11.7. The van der Waals surface area contributed by atoms with Crippen molar-refractivity contribution in [3.8, 4) is 5.75 Å². The van der Waals surface area contributed by atoms with Crippen molar-refractivity contribution < 1.29 is 18.7 Å². The fourth-order valence-corrected chi connectivity index (χ4v) is 3.37. The number of benzene rings is 1. The quantitative estimate of drug-likeness (QED) is 0.374. The first kappa shape index (κ1) is 18.8. The number of carbonyl (C=O) groups excluding carboxylic acids is 1. The van der Waals surface area contributed by atoms with E-state index >= 15 is 0 Å². The van der Waals surface area contributed by atoms with Gasteiger partial charge in [-0.15, -0.1) is 10.2 Å². The summed E-state index contributed by atoms with van der Waals surface area (Å²) in [6, 6.07) is 7.52. The molecule has 2 N–H and O–H groups in total.